The van der Waals surface area contributed by atoms with Gasteiger partial charge in [0.15, 0.2) is 0 Å². The van der Waals surface area contributed by atoms with Crippen LogP contribution in [0.3, 0.4) is 0 Å². The van der Waals surface area contributed by atoms with Crippen molar-refractivity contribution in [3.63, 3.8) is 0 Å². The SMILES string of the molecule is COc1ccc([N+](=O)[O-])c(C(=O)[O-])c1.[K+]. The van der Waals surface area contributed by atoms with Crippen LogP contribution in [-0.4, -0.2) is 18.0 Å². The van der Waals surface area contributed by atoms with E-state index in [4.69, 9.17) is 4.74 Å². The standard InChI is InChI=1S/C8H7NO5.K/c1-14-5-2-3-7(9(12)13)6(4-5)8(10)11;/h2-4H,1H3,(H,10,11);/q;+1/p-1. The molecule has 74 valence electrons. The molecule has 0 saturated heterocycles. The number of methoxy groups -OCH3 is 1. The molecule has 0 saturated carbocycles. The van der Waals surface area contributed by atoms with Crippen LogP contribution in [0.1, 0.15) is 10.4 Å². The minimum atomic E-state index is -1.60. The van der Waals surface area contributed by atoms with Gasteiger partial charge in [-0.15, -0.1) is 0 Å². The second-order valence-corrected chi connectivity index (χ2v) is 2.43. The van der Waals surface area contributed by atoms with Gasteiger partial charge in [-0.3, -0.25) is 10.1 Å². The summed E-state index contributed by atoms with van der Waals surface area (Å²) in [4.78, 5) is 20.1. The number of aromatic carboxylic acids is 1. The van der Waals surface area contributed by atoms with Crippen molar-refractivity contribution in [3.8, 4) is 5.75 Å². The number of nitro benzene ring substituents is 1. The average Bonchev–Trinajstić information content (AvgIpc) is 2.16. The number of carbonyl (C=O) groups is 1. The molecule has 0 N–H and O–H groups in total. The maximum absolute atomic E-state index is 10.5. The van der Waals surface area contributed by atoms with Crippen LogP contribution in [0.2, 0.25) is 0 Å². The van der Waals surface area contributed by atoms with Gasteiger partial charge in [-0.2, -0.15) is 0 Å². The molecule has 6 nitrogen and oxygen atoms in total. The zero-order valence-electron chi connectivity index (χ0n) is 8.22. The predicted octanol–water partition coefficient (Wildman–Crippen LogP) is -3.03. The maximum atomic E-state index is 10.5. The van der Waals surface area contributed by atoms with Gasteiger partial charge in [-0.1, -0.05) is 0 Å². The third kappa shape index (κ3) is 3.54. The number of hydrogen-bond acceptors (Lipinski definition) is 5. The Morgan fingerprint density at radius 3 is 2.47 bits per heavy atom. The molecule has 0 fully saturated rings. The molecule has 15 heavy (non-hydrogen) atoms. The molecule has 1 rings (SSSR count). The van der Waals surface area contributed by atoms with Gasteiger partial charge in [0.2, 0.25) is 0 Å². The number of nitro groups is 1. The zero-order valence-corrected chi connectivity index (χ0v) is 11.3. The number of carboxylic acid groups (broad SMARTS) is 1. The molecule has 0 aliphatic carbocycles. The largest absolute Gasteiger partial charge is 1.00 e. The molecular formula is C8H6KNO5. The number of carboxylic acids is 1. The molecule has 0 spiro atoms. The van der Waals surface area contributed by atoms with Crippen molar-refractivity contribution < 1.29 is 70.9 Å². The van der Waals surface area contributed by atoms with Gasteiger partial charge in [-0.05, 0) is 12.1 Å². The first-order valence-electron chi connectivity index (χ1n) is 3.60. The summed E-state index contributed by atoms with van der Waals surface area (Å²) in [6.45, 7) is 0. The van der Waals surface area contributed by atoms with Gasteiger partial charge < -0.3 is 14.6 Å². The summed E-state index contributed by atoms with van der Waals surface area (Å²) in [5.74, 6) is -1.37. The smallest absolute Gasteiger partial charge is 0.545 e. The Morgan fingerprint density at radius 2 is 2.07 bits per heavy atom. The third-order valence-electron chi connectivity index (χ3n) is 1.62. The van der Waals surface area contributed by atoms with E-state index in [1.807, 2.05) is 0 Å². The van der Waals surface area contributed by atoms with Gasteiger partial charge in [0, 0.05) is 6.07 Å². The van der Waals surface area contributed by atoms with E-state index >= 15 is 0 Å². The summed E-state index contributed by atoms with van der Waals surface area (Å²) in [5.41, 5.74) is -1.000. The van der Waals surface area contributed by atoms with Crippen LogP contribution < -0.4 is 61.2 Å². The first kappa shape index (κ1) is 14.5. The van der Waals surface area contributed by atoms with Crippen molar-refractivity contribution in [3.05, 3.63) is 33.9 Å². The predicted molar refractivity (Wildman–Crippen MR) is 44.0 cm³/mol. The summed E-state index contributed by atoms with van der Waals surface area (Å²) in [7, 11) is 1.33. The van der Waals surface area contributed by atoms with Crippen molar-refractivity contribution in [1.29, 1.82) is 0 Å². The van der Waals surface area contributed by atoms with E-state index in [1.54, 1.807) is 0 Å². The van der Waals surface area contributed by atoms with Gasteiger partial charge in [0.05, 0.1) is 23.6 Å². The second kappa shape index (κ2) is 6.18. The van der Waals surface area contributed by atoms with Crippen molar-refractivity contribution in [2.75, 3.05) is 7.11 Å². The fourth-order valence-corrected chi connectivity index (χ4v) is 0.965. The van der Waals surface area contributed by atoms with Crippen LogP contribution in [0, 0.1) is 10.1 Å². The third-order valence-corrected chi connectivity index (χ3v) is 1.62. The van der Waals surface area contributed by atoms with Crippen LogP contribution in [-0.2, 0) is 0 Å². The first-order chi connectivity index (χ1) is 6.56. The molecule has 0 atom stereocenters. The average molecular weight is 235 g/mol. The molecule has 0 heterocycles. The van der Waals surface area contributed by atoms with E-state index in [1.165, 1.54) is 13.2 Å². The molecule has 1 aromatic carbocycles. The van der Waals surface area contributed by atoms with Crippen molar-refractivity contribution in [2.45, 2.75) is 0 Å². The number of rotatable bonds is 3. The van der Waals surface area contributed by atoms with Gasteiger partial charge in [0.1, 0.15) is 5.75 Å². The van der Waals surface area contributed by atoms with E-state index < -0.39 is 22.1 Å². The molecule has 0 unspecified atom stereocenters. The Hall–Kier alpha value is -0.474. The molecule has 0 radical (unpaired) electrons. The maximum Gasteiger partial charge on any atom is 1.00 e. The van der Waals surface area contributed by atoms with Crippen molar-refractivity contribution >= 4 is 11.7 Å². The van der Waals surface area contributed by atoms with Crippen LogP contribution in [0.5, 0.6) is 5.75 Å². The first-order valence-corrected chi connectivity index (χ1v) is 3.60. The summed E-state index contributed by atoms with van der Waals surface area (Å²) >= 11 is 0. The Morgan fingerprint density at radius 1 is 1.47 bits per heavy atom. The monoisotopic (exact) mass is 235 g/mol. The van der Waals surface area contributed by atoms with E-state index in [0.717, 1.165) is 12.1 Å². The second-order valence-electron chi connectivity index (χ2n) is 2.43. The molecule has 0 bridgehead atoms. The number of nitrogens with zero attached hydrogens (tertiary/aromatic N) is 1. The Labute approximate surface area is 128 Å². The molecule has 0 aliphatic heterocycles. The van der Waals surface area contributed by atoms with E-state index in [9.17, 15) is 20.0 Å². The number of hydrogen-bond donors (Lipinski definition) is 0. The quantitative estimate of drug-likeness (QED) is 0.316. The summed E-state index contributed by atoms with van der Waals surface area (Å²) in [5, 5.41) is 20.9. The minimum absolute atomic E-state index is 0. The van der Waals surface area contributed by atoms with Gasteiger partial charge in [-0.25, -0.2) is 0 Å². The van der Waals surface area contributed by atoms with Gasteiger partial charge in [0.25, 0.3) is 5.69 Å². The molecule has 0 amide bonds. The Kier molecular flexibility index (Phi) is 5.99. The molecule has 7 heteroatoms. The van der Waals surface area contributed by atoms with Crippen molar-refractivity contribution in [2.24, 2.45) is 0 Å². The topological polar surface area (TPSA) is 92.5 Å². The summed E-state index contributed by atoms with van der Waals surface area (Å²) in [6, 6.07) is 3.42. The Balaban J connectivity index is 0.00000196. The van der Waals surface area contributed by atoms with E-state index in [2.05, 4.69) is 0 Å². The normalized spacial score (nSPS) is 8.87. The number of benzene rings is 1. The molecular weight excluding hydrogens is 229 g/mol. The number of carbonyl (C=O) groups excluding carboxylic acids is 1. The van der Waals surface area contributed by atoms with Crippen LogP contribution in [0.4, 0.5) is 5.69 Å². The molecule has 1 aromatic rings. The van der Waals surface area contributed by atoms with Crippen LogP contribution in [0.25, 0.3) is 0 Å². The van der Waals surface area contributed by atoms with Crippen LogP contribution >= 0.6 is 0 Å². The minimum Gasteiger partial charge on any atom is -0.545 e. The van der Waals surface area contributed by atoms with Crippen molar-refractivity contribution in [1.82, 2.24) is 0 Å². The molecule has 0 aromatic heterocycles. The fourth-order valence-electron chi connectivity index (χ4n) is 0.965. The summed E-state index contributed by atoms with van der Waals surface area (Å²) in [6.07, 6.45) is 0. The van der Waals surface area contributed by atoms with E-state index in [-0.39, 0.29) is 57.1 Å². The summed E-state index contributed by atoms with van der Waals surface area (Å²) < 4.78 is 4.73. The van der Waals surface area contributed by atoms with Gasteiger partial charge >= 0.3 is 51.4 Å². The van der Waals surface area contributed by atoms with E-state index in [0.29, 0.717) is 0 Å². The fraction of sp³-hybridized carbons (Fsp3) is 0.125. The zero-order chi connectivity index (χ0) is 10.7. The molecule has 0 aliphatic rings. The Bertz CT molecular complexity index is 393. The van der Waals surface area contributed by atoms with Crippen LogP contribution in [0.15, 0.2) is 18.2 Å². The number of ether oxygens (including phenoxy) is 1.